The maximum Gasteiger partial charge on any atom is 0.208 e. The first-order valence-corrected chi connectivity index (χ1v) is 6.57. The minimum Gasteiger partial charge on any atom is -0.243 e. The summed E-state index contributed by atoms with van der Waals surface area (Å²) in [6, 6.07) is 8.02. The quantitative estimate of drug-likeness (QED) is 0.726. The van der Waals surface area contributed by atoms with Crippen LogP contribution in [0.2, 0.25) is 5.02 Å². The Morgan fingerprint density at radius 1 is 1.36 bits per heavy atom. The van der Waals surface area contributed by atoms with Gasteiger partial charge in [0, 0.05) is 11.8 Å². The number of halogens is 2. The van der Waals surface area contributed by atoms with Crippen molar-refractivity contribution in [3.8, 4) is 28.6 Å². The van der Waals surface area contributed by atoms with Crippen LogP contribution >= 0.6 is 11.6 Å². The molecular weight excluding hydrogens is 307 g/mol. The van der Waals surface area contributed by atoms with Crippen molar-refractivity contribution in [2.24, 2.45) is 7.05 Å². The standard InChI is InChI=1S/C14H8ClFN6/c1-22-20-14(19-21-22)13-9(3-2-4-11(13)16)8-5-10(15)12(6-17)18-7-8/h2-5,7H,1H3. The molecule has 2 aromatic heterocycles. The molecule has 1 aromatic carbocycles. The van der Waals surface area contributed by atoms with E-state index in [0.29, 0.717) is 11.1 Å². The van der Waals surface area contributed by atoms with Crippen LogP contribution in [0.3, 0.4) is 0 Å². The Bertz CT molecular complexity index is 899. The number of hydrogen-bond acceptors (Lipinski definition) is 5. The summed E-state index contributed by atoms with van der Waals surface area (Å²) < 4.78 is 14.3. The van der Waals surface area contributed by atoms with Crippen LogP contribution in [0.15, 0.2) is 30.5 Å². The summed E-state index contributed by atoms with van der Waals surface area (Å²) in [5, 5.41) is 20.7. The number of nitrogens with zero attached hydrogens (tertiary/aromatic N) is 6. The molecule has 0 saturated heterocycles. The van der Waals surface area contributed by atoms with Crippen LogP contribution in [0, 0.1) is 17.1 Å². The summed E-state index contributed by atoms with van der Waals surface area (Å²) in [6.07, 6.45) is 1.46. The van der Waals surface area contributed by atoms with Crippen molar-refractivity contribution in [1.29, 1.82) is 5.26 Å². The molecule has 8 heteroatoms. The van der Waals surface area contributed by atoms with Crippen molar-refractivity contribution in [3.05, 3.63) is 47.0 Å². The molecule has 0 saturated carbocycles. The summed E-state index contributed by atoms with van der Waals surface area (Å²) in [4.78, 5) is 5.21. The second-order valence-corrected chi connectivity index (χ2v) is 4.84. The lowest BCUT2D eigenvalue weighted by molar-refractivity contribution is 0.625. The number of tetrazole rings is 1. The minimum atomic E-state index is -0.481. The summed E-state index contributed by atoms with van der Waals surface area (Å²) in [7, 11) is 1.59. The van der Waals surface area contributed by atoms with Crippen LogP contribution in [-0.2, 0) is 7.05 Å². The molecule has 0 atom stereocenters. The van der Waals surface area contributed by atoms with E-state index in [1.54, 1.807) is 25.2 Å². The highest BCUT2D eigenvalue weighted by Gasteiger charge is 2.17. The van der Waals surface area contributed by atoms with Gasteiger partial charge >= 0.3 is 0 Å². The molecule has 6 nitrogen and oxygen atoms in total. The SMILES string of the molecule is Cn1nnc(-c2c(F)cccc2-c2cnc(C#N)c(Cl)c2)n1. The third kappa shape index (κ3) is 2.40. The monoisotopic (exact) mass is 314 g/mol. The largest absolute Gasteiger partial charge is 0.243 e. The van der Waals surface area contributed by atoms with Crippen LogP contribution in [0.1, 0.15) is 5.69 Å². The van der Waals surface area contributed by atoms with Gasteiger partial charge in [-0.05, 0) is 22.9 Å². The van der Waals surface area contributed by atoms with E-state index in [0.717, 1.165) is 0 Å². The average molecular weight is 315 g/mol. The van der Waals surface area contributed by atoms with E-state index < -0.39 is 5.82 Å². The Morgan fingerprint density at radius 2 is 2.18 bits per heavy atom. The molecule has 0 amide bonds. The van der Waals surface area contributed by atoms with Crippen molar-refractivity contribution < 1.29 is 4.39 Å². The van der Waals surface area contributed by atoms with Crippen LogP contribution in [0.25, 0.3) is 22.5 Å². The number of rotatable bonds is 2. The predicted octanol–water partition coefficient (Wildman–Crippen LogP) is 2.60. The van der Waals surface area contributed by atoms with E-state index in [4.69, 9.17) is 16.9 Å². The van der Waals surface area contributed by atoms with E-state index in [-0.39, 0.29) is 22.1 Å². The summed E-state index contributed by atoms with van der Waals surface area (Å²) in [5.41, 5.74) is 1.40. The Labute approximate surface area is 129 Å². The molecule has 0 aliphatic heterocycles. The number of pyridine rings is 1. The summed E-state index contributed by atoms with van der Waals surface area (Å²) in [6.45, 7) is 0. The van der Waals surface area contributed by atoms with E-state index >= 15 is 0 Å². The van der Waals surface area contributed by atoms with E-state index in [2.05, 4.69) is 20.4 Å². The van der Waals surface area contributed by atoms with Gasteiger partial charge in [0.15, 0.2) is 5.69 Å². The smallest absolute Gasteiger partial charge is 0.208 e. The topological polar surface area (TPSA) is 80.3 Å². The molecular formula is C14H8ClFN6. The summed E-state index contributed by atoms with van der Waals surface area (Å²) >= 11 is 6.00. The van der Waals surface area contributed by atoms with Crippen molar-refractivity contribution in [2.45, 2.75) is 0 Å². The van der Waals surface area contributed by atoms with Crippen molar-refractivity contribution in [3.63, 3.8) is 0 Å². The van der Waals surface area contributed by atoms with Crippen LogP contribution in [0.4, 0.5) is 4.39 Å². The highest BCUT2D eigenvalue weighted by molar-refractivity contribution is 6.31. The maximum absolute atomic E-state index is 14.3. The Kier molecular flexibility index (Phi) is 3.53. The van der Waals surface area contributed by atoms with Gasteiger partial charge in [-0.1, -0.05) is 23.7 Å². The lowest BCUT2D eigenvalue weighted by Crippen LogP contribution is -1.95. The third-order valence-corrected chi connectivity index (χ3v) is 3.29. The van der Waals surface area contributed by atoms with Gasteiger partial charge in [-0.3, -0.25) is 0 Å². The number of hydrogen-bond donors (Lipinski definition) is 0. The Balaban J connectivity index is 2.22. The van der Waals surface area contributed by atoms with E-state index in [1.165, 1.54) is 17.1 Å². The first-order valence-electron chi connectivity index (χ1n) is 6.19. The molecule has 3 aromatic rings. The highest BCUT2D eigenvalue weighted by atomic mass is 35.5. The molecule has 0 N–H and O–H groups in total. The highest BCUT2D eigenvalue weighted by Crippen LogP contribution is 2.33. The van der Waals surface area contributed by atoms with Crippen LogP contribution in [-0.4, -0.2) is 25.2 Å². The second-order valence-electron chi connectivity index (χ2n) is 4.43. The number of aromatic nitrogens is 5. The molecule has 0 radical (unpaired) electrons. The van der Waals surface area contributed by atoms with E-state index in [1.807, 2.05) is 6.07 Å². The Morgan fingerprint density at radius 3 is 2.82 bits per heavy atom. The summed E-state index contributed by atoms with van der Waals surface area (Å²) in [5.74, 6) is -0.318. The van der Waals surface area contributed by atoms with Gasteiger partial charge in [-0.2, -0.15) is 10.1 Å². The van der Waals surface area contributed by atoms with Gasteiger partial charge in [0.1, 0.15) is 11.9 Å². The zero-order chi connectivity index (χ0) is 15.7. The molecule has 108 valence electrons. The zero-order valence-corrected chi connectivity index (χ0v) is 12.1. The van der Waals surface area contributed by atoms with Crippen LogP contribution < -0.4 is 0 Å². The van der Waals surface area contributed by atoms with Gasteiger partial charge in [-0.25, -0.2) is 9.37 Å². The van der Waals surface area contributed by atoms with Crippen molar-refractivity contribution in [2.75, 3.05) is 0 Å². The number of nitriles is 1. The first kappa shape index (κ1) is 14.1. The maximum atomic E-state index is 14.3. The second kappa shape index (κ2) is 5.50. The zero-order valence-electron chi connectivity index (χ0n) is 11.3. The normalized spacial score (nSPS) is 10.5. The molecule has 0 aliphatic carbocycles. The van der Waals surface area contributed by atoms with Gasteiger partial charge in [0.05, 0.1) is 17.6 Å². The molecule has 2 heterocycles. The molecule has 0 bridgehead atoms. The van der Waals surface area contributed by atoms with Gasteiger partial charge in [0.2, 0.25) is 5.82 Å². The lowest BCUT2D eigenvalue weighted by atomic mass is 10.00. The molecule has 0 aliphatic rings. The van der Waals surface area contributed by atoms with Gasteiger partial charge in [0.25, 0.3) is 0 Å². The first-order chi connectivity index (χ1) is 10.6. The molecule has 0 fully saturated rings. The average Bonchev–Trinajstić information content (AvgIpc) is 2.93. The molecule has 3 rings (SSSR count). The van der Waals surface area contributed by atoms with Crippen molar-refractivity contribution in [1.82, 2.24) is 25.2 Å². The fourth-order valence-electron chi connectivity index (χ4n) is 2.04. The van der Waals surface area contributed by atoms with Gasteiger partial charge in [-0.15, -0.1) is 10.2 Å². The molecule has 0 spiro atoms. The third-order valence-electron chi connectivity index (χ3n) is 3.00. The fourth-order valence-corrected chi connectivity index (χ4v) is 2.25. The van der Waals surface area contributed by atoms with Gasteiger partial charge < -0.3 is 0 Å². The van der Waals surface area contributed by atoms with E-state index in [9.17, 15) is 4.39 Å². The van der Waals surface area contributed by atoms with Crippen molar-refractivity contribution >= 4 is 11.6 Å². The molecule has 0 unspecified atom stereocenters. The minimum absolute atomic E-state index is 0.112. The Hall–Kier alpha value is -2.85. The molecule has 22 heavy (non-hydrogen) atoms. The number of aryl methyl sites for hydroxylation is 1. The number of benzene rings is 1. The fraction of sp³-hybridized carbons (Fsp3) is 0.0714. The van der Waals surface area contributed by atoms with Crippen LogP contribution in [0.5, 0.6) is 0 Å². The lowest BCUT2D eigenvalue weighted by Gasteiger charge is -2.08. The predicted molar refractivity (Wildman–Crippen MR) is 77.1 cm³/mol.